The van der Waals surface area contributed by atoms with Gasteiger partial charge in [0.05, 0.1) is 12.1 Å². The Morgan fingerprint density at radius 2 is 1.57 bits per heavy atom. The smallest absolute Gasteiger partial charge is 0.309 e. The summed E-state index contributed by atoms with van der Waals surface area (Å²) in [5.74, 6) is -1.19. The van der Waals surface area contributed by atoms with Gasteiger partial charge in [-0.2, -0.15) is 0 Å². The van der Waals surface area contributed by atoms with Crippen LogP contribution in [-0.4, -0.2) is 50.4 Å². The maximum atomic E-state index is 12.5. The first kappa shape index (κ1) is 21.8. The fourth-order valence-electron chi connectivity index (χ4n) is 3.86. The number of hydrogen-bond acceptors (Lipinski definition) is 4. The molecule has 3 rings (SSSR count). The summed E-state index contributed by atoms with van der Waals surface area (Å²) < 4.78 is 0. The van der Waals surface area contributed by atoms with Crippen molar-refractivity contribution in [3.8, 4) is 0 Å². The van der Waals surface area contributed by atoms with Crippen molar-refractivity contribution < 1.29 is 9.59 Å². The van der Waals surface area contributed by atoms with E-state index in [1.165, 1.54) is 0 Å². The number of rotatable bonds is 7. The van der Waals surface area contributed by atoms with Crippen molar-refractivity contribution in [3.05, 3.63) is 65.7 Å². The molecular formula is C24H32N4O2. The van der Waals surface area contributed by atoms with Gasteiger partial charge in [-0.25, -0.2) is 0 Å². The fourth-order valence-corrected chi connectivity index (χ4v) is 3.86. The van der Waals surface area contributed by atoms with Crippen molar-refractivity contribution in [1.29, 1.82) is 0 Å². The van der Waals surface area contributed by atoms with Crippen LogP contribution in [0, 0.1) is 0 Å². The van der Waals surface area contributed by atoms with E-state index in [2.05, 4.69) is 44.7 Å². The molecule has 2 N–H and O–H groups in total. The number of benzene rings is 2. The third kappa shape index (κ3) is 5.60. The molecule has 0 radical (unpaired) electrons. The van der Waals surface area contributed by atoms with E-state index in [4.69, 9.17) is 0 Å². The van der Waals surface area contributed by atoms with Gasteiger partial charge >= 0.3 is 11.8 Å². The highest BCUT2D eigenvalue weighted by Gasteiger charge is 2.25. The van der Waals surface area contributed by atoms with Gasteiger partial charge in [0.1, 0.15) is 0 Å². The zero-order chi connectivity index (χ0) is 21.5. The molecule has 1 fully saturated rings. The molecule has 2 aromatic rings. The monoisotopic (exact) mass is 408 g/mol. The standard InChI is InChI=1S/C24H32N4O2/c1-18(19-9-5-4-6-10-19)26-24(30)23(29)25-17-22(28-15-7-8-16-28)20-11-13-21(14-12-20)27(2)3/h4-6,9-14,18,22H,7-8,15-17H2,1-3H3,(H,25,29)(H,26,30)/t18-,22-/m0/s1. The van der Waals surface area contributed by atoms with Crippen LogP contribution in [0.1, 0.15) is 43.0 Å². The lowest BCUT2D eigenvalue weighted by atomic mass is 10.0. The highest BCUT2D eigenvalue weighted by Crippen LogP contribution is 2.26. The molecule has 0 unspecified atom stereocenters. The van der Waals surface area contributed by atoms with Gasteiger partial charge in [-0.15, -0.1) is 0 Å². The van der Waals surface area contributed by atoms with Crippen LogP contribution >= 0.6 is 0 Å². The Morgan fingerprint density at radius 1 is 0.933 bits per heavy atom. The molecule has 0 aromatic heterocycles. The molecule has 1 heterocycles. The van der Waals surface area contributed by atoms with Gasteiger partial charge in [0.2, 0.25) is 0 Å². The SMILES string of the molecule is C[C@H](NC(=O)C(=O)NC[C@@H](c1ccc(N(C)C)cc1)N1CCCC1)c1ccccc1. The van der Waals surface area contributed by atoms with Crippen molar-refractivity contribution in [2.24, 2.45) is 0 Å². The molecule has 1 saturated heterocycles. The largest absolute Gasteiger partial charge is 0.378 e. The molecule has 2 atom stereocenters. The van der Waals surface area contributed by atoms with E-state index in [0.717, 1.165) is 42.7 Å². The zero-order valence-corrected chi connectivity index (χ0v) is 18.1. The van der Waals surface area contributed by atoms with E-state index in [9.17, 15) is 9.59 Å². The van der Waals surface area contributed by atoms with Crippen LogP contribution in [0.15, 0.2) is 54.6 Å². The van der Waals surface area contributed by atoms with E-state index in [1.807, 2.05) is 51.4 Å². The van der Waals surface area contributed by atoms with Gasteiger partial charge in [-0.05, 0) is 56.1 Å². The Morgan fingerprint density at radius 3 is 2.17 bits per heavy atom. The molecule has 0 bridgehead atoms. The number of likely N-dealkylation sites (tertiary alicyclic amines) is 1. The number of hydrogen-bond donors (Lipinski definition) is 2. The van der Waals surface area contributed by atoms with E-state index >= 15 is 0 Å². The van der Waals surface area contributed by atoms with Crippen LogP contribution in [0.3, 0.4) is 0 Å². The molecule has 30 heavy (non-hydrogen) atoms. The lowest BCUT2D eigenvalue weighted by Crippen LogP contribution is -2.44. The summed E-state index contributed by atoms with van der Waals surface area (Å²) in [7, 11) is 4.03. The van der Waals surface area contributed by atoms with E-state index in [1.54, 1.807) is 0 Å². The predicted molar refractivity (Wildman–Crippen MR) is 120 cm³/mol. The second-order valence-electron chi connectivity index (χ2n) is 8.06. The third-order valence-electron chi connectivity index (χ3n) is 5.69. The average Bonchev–Trinajstić information content (AvgIpc) is 3.29. The Balaban J connectivity index is 1.61. The molecule has 0 aliphatic carbocycles. The second kappa shape index (κ2) is 10.3. The molecular weight excluding hydrogens is 376 g/mol. The minimum atomic E-state index is -0.602. The number of carbonyl (C=O) groups is 2. The lowest BCUT2D eigenvalue weighted by molar-refractivity contribution is -0.139. The van der Waals surface area contributed by atoms with Crippen molar-refractivity contribution in [3.63, 3.8) is 0 Å². The van der Waals surface area contributed by atoms with Crippen LogP contribution in [0.2, 0.25) is 0 Å². The van der Waals surface area contributed by atoms with E-state index in [0.29, 0.717) is 6.54 Å². The summed E-state index contributed by atoms with van der Waals surface area (Å²) >= 11 is 0. The summed E-state index contributed by atoms with van der Waals surface area (Å²) in [5, 5.41) is 5.63. The highest BCUT2D eigenvalue weighted by atomic mass is 16.2. The predicted octanol–water partition coefficient (Wildman–Crippen LogP) is 2.88. The van der Waals surface area contributed by atoms with Crippen molar-refractivity contribution in [1.82, 2.24) is 15.5 Å². The van der Waals surface area contributed by atoms with Gasteiger partial charge in [-0.3, -0.25) is 14.5 Å². The number of nitrogens with one attached hydrogen (secondary N) is 2. The molecule has 2 amide bonds. The van der Waals surface area contributed by atoms with Crippen LogP contribution in [0.5, 0.6) is 0 Å². The van der Waals surface area contributed by atoms with Crippen LogP contribution in [0.25, 0.3) is 0 Å². The minimum Gasteiger partial charge on any atom is -0.378 e. The molecule has 1 aliphatic rings. The van der Waals surface area contributed by atoms with Crippen LogP contribution in [0.4, 0.5) is 5.69 Å². The van der Waals surface area contributed by atoms with Gasteiger partial charge < -0.3 is 15.5 Å². The van der Waals surface area contributed by atoms with E-state index < -0.39 is 11.8 Å². The Labute approximate surface area is 179 Å². The third-order valence-corrected chi connectivity index (χ3v) is 5.69. The van der Waals surface area contributed by atoms with Gasteiger partial charge in [0.15, 0.2) is 0 Å². The van der Waals surface area contributed by atoms with Crippen LogP contribution < -0.4 is 15.5 Å². The summed E-state index contributed by atoms with van der Waals surface area (Å²) in [6.45, 7) is 4.30. The molecule has 6 heteroatoms. The van der Waals surface area contributed by atoms with Crippen molar-refractivity contribution in [2.75, 3.05) is 38.6 Å². The normalized spacial score (nSPS) is 16.0. The minimum absolute atomic E-state index is 0.0620. The summed E-state index contributed by atoms with van der Waals surface area (Å²) in [6.07, 6.45) is 2.32. The zero-order valence-electron chi connectivity index (χ0n) is 18.1. The van der Waals surface area contributed by atoms with Crippen molar-refractivity contribution in [2.45, 2.75) is 31.8 Å². The molecule has 0 saturated carbocycles. The maximum absolute atomic E-state index is 12.5. The van der Waals surface area contributed by atoms with E-state index in [-0.39, 0.29) is 12.1 Å². The molecule has 2 aromatic carbocycles. The molecule has 1 aliphatic heterocycles. The van der Waals surface area contributed by atoms with Gasteiger partial charge in [-0.1, -0.05) is 42.5 Å². The van der Waals surface area contributed by atoms with Crippen LogP contribution in [-0.2, 0) is 9.59 Å². The van der Waals surface area contributed by atoms with Gasteiger partial charge in [0, 0.05) is 26.3 Å². The highest BCUT2D eigenvalue weighted by molar-refractivity contribution is 6.35. The number of amides is 2. The number of carbonyl (C=O) groups excluding carboxylic acids is 2. The molecule has 6 nitrogen and oxygen atoms in total. The number of anilines is 1. The summed E-state index contributed by atoms with van der Waals surface area (Å²) in [4.78, 5) is 29.3. The molecule has 160 valence electrons. The Kier molecular flexibility index (Phi) is 7.46. The lowest BCUT2D eigenvalue weighted by Gasteiger charge is -2.28. The Bertz CT molecular complexity index is 830. The summed E-state index contributed by atoms with van der Waals surface area (Å²) in [6, 6.07) is 17.9. The first-order chi connectivity index (χ1) is 14.5. The quantitative estimate of drug-likeness (QED) is 0.692. The fraction of sp³-hybridized carbons (Fsp3) is 0.417. The first-order valence-electron chi connectivity index (χ1n) is 10.6. The van der Waals surface area contributed by atoms with Crippen molar-refractivity contribution >= 4 is 17.5 Å². The summed E-state index contributed by atoms with van der Waals surface area (Å²) in [5.41, 5.74) is 3.26. The number of nitrogens with zero attached hydrogens (tertiary/aromatic N) is 2. The second-order valence-corrected chi connectivity index (χ2v) is 8.06. The molecule has 0 spiro atoms. The maximum Gasteiger partial charge on any atom is 0.309 e. The Hall–Kier alpha value is -2.86. The topological polar surface area (TPSA) is 64.7 Å². The average molecular weight is 409 g/mol. The first-order valence-corrected chi connectivity index (χ1v) is 10.6. The van der Waals surface area contributed by atoms with Gasteiger partial charge in [0.25, 0.3) is 0 Å².